The molecule has 44 valence electrons. The van der Waals surface area contributed by atoms with Gasteiger partial charge in [-0.3, -0.25) is 0 Å². The first kappa shape index (κ1) is 7.01. The van der Waals surface area contributed by atoms with Crippen LogP contribution in [0.15, 0.2) is 16.9 Å². The summed E-state index contributed by atoms with van der Waals surface area (Å²) in [5.74, 6) is 0. The largest absolute Gasteiger partial charge is 0.392 e. The smallest absolute Gasteiger partial charge is 0.0703 e. The number of nitrogens with zero attached hydrogens (tertiary/aromatic N) is 3. The number of hydrogen-bond acceptors (Lipinski definition) is 2. The first-order valence-corrected chi connectivity index (χ1v) is 2.16. The van der Waals surface area contributed by atoms with Gasteiger partial charge < -0.3 is 5.11 Å². The molecule has 0 fully saturated rings. The maximum Gasteiger partial charge on any atom is 0.0703 e. The van der Waals surface area contributed by atoms with E-state index in [0.717, 1.165) is 0 Å². The zero-order valence-electron chi connectivity index (χ0n) is 4.57. The standard InChI is InChI=1S/C4H7N3O/c1-2-4(3-8)6-7-5/h2,8H,3H2,1H3. The molecule has 0 saturated carbocycles. The molecule has 0 aliphatic carbocycles. The van der Waals surface area contributed by atoms with Gasteiger partial charge in [0.05, 0.1) is 6.61 Å². The van der Waals surface area contributed by atoms with E-state index in [-0.39, 0.29) is 6.61 Å². The molecule has 0 bridgehead atoms. The van der Waals surface area contributed by atoms with Crippen LogP contribution in [0, 0.1) is 0 Å². The van der Waals surface area contributed by atoms with Gasteiger partial charge in [-0.25, -0.2) is 0 Å². The van der Waals surface area contributed by atoms with Gasteiger partial charge in [-0.2, -0.15) is 0 Å². The van der Waals surface area contributed by atoms with Gasteiger partial charge in [0.15, 0.2) is 0 Å². The second-order valence-corrected chi connectivity index (χ2v) is 1.13. The third-order valence-corrected chi connectivity index (χ3v) is 0.668. The van der Waals surface area contributed by atoms with Crippen LogP contribution in [0.3, 0.4) is 0 Å². The quantitative estimate of drug-likeness (QED) is 0.326. The van der Waals surface area contributed by atoms with Gasteiger partial charge in [-0.1, -0.05) is 11.2 Å². The predicted molar refractivity (Wildman–Crippen MR) is 30.0 cm³/mol. The zero-order valence-corrected chi connectivity index (χ0v) is 4.57. The summed E-state index contributed by atoms with van der Waals surface area (Å²) in [6.07, 6.45) is 1.56. The minimum atomic E-state index is -0.194. The first-order valence-electron chi connectivity index (χ1n) is 2.16. The second-order valence-electron chi connectivity index (χ2n) is 1.13. The molecule has 0 amide bonds. The Kier molecular flexibility index (Phi) is 3.66. The van der Waals surface area contributed by atoms with Crippen molar-refractivity contribution in [3.05, 3.63) is 22.2 Å². The van der Waals surface area contributed by atoms with Crippen molar-refractivity contribution in [3.8, 4) is 0 Å². The number of aliphatic hydroxyl groups excluding tert-OH is 1. The Balaban J connectivity index is 3.91. The van der Waals surface area contributed by atoms with Crippen molar-refractivity contribution in [2.45, 2.75) is 6.92 Å². The van der Waals surface area contributed by atoms with E-state index < -0.39 is 0 Å². The normalized spacial score (nSPS) is 10.5. The van der Waals surface area contributed by atoms with Crippen LogP contribution in [0.25, 0.3) is 10.4 Å². The van der Waals surface area contributed by atoms with Crippen LogP contribution in [0.4, 0.5) is 0 Å². The molecule has 4 nitrogen and oxygen atoms in total. The molecule has 4 heteroatoms. The Hall–Kier alpha value is -0.990. The number of hydrogen-bond donors (Lipinski definition) is 1. The number of allylic oxidation sites excluding steroid dienone is 1. The highest BCUT2D eigenvalue weighted by atomic mass is 16.3. The van der Waals surface area contributed by atoms with Crippen molar-refractivity contribution in [1.82, 2.24) is 0 Å². The molecular weight excluding hydrogens is 106 g/mol. The van der Waals surface area contributed by atoms with Crippen LogP contribution in [0.1, 0.15) is 6.92 Å². The highest BCUT2D eigenvalue weighted by Crippen LogP contribution is 1.92. The average Bonchev–Trinajstić information content (AvgIpc) is 1.83. The third kappa shape index (κ3) is 2.23. The van der Waals surface area contributed by atoms with Crippen LogP contribution >= 0.6 is 0 Å². The van der Waals surface area contributed by atoms with Crippen molar-refractivity contribution in [3.63, 3.8) is 0 Å². The van der Waals surface area contributed by atoms with Crippen molar-refractivity contribution in [1.29, 1.82) is 0 Å². The summed E-state index contributed by atoms with van der Waals surface area (Å²) in [5, 5.41) is 11.5. The molecule has 0 unspecified atom stereocenters. The molecule has 0 heterocycles. The summed E-state index contributed by atoms with van der Waals surface area (Å²) < 4.78 is 0. The van der Waals surface area contributed by atoms with Crippen LogP contribution < -0.4 is 0 Å². The molecule has 0 aromatic heterocycles. The Morgan fingerprint density at radius 3 is 2.75 bits per heavy atom. The molecule has 0 aliphatic heterocycles. The molecule has 0 atom stereocenters. The van der Waals surface area contributed by atoms with Gasteiger partial charge in [0.2, 0.25) is 0 Å². The molecule has 8 heavy (non-hydrogen) atoms. The summed E-state index contributed by atoms with van der Waals surface area (Å²) >= 11 is 0. The lowest BCUT2D eigenvalue weighted by molar-refractivity contribution is 0.329. The number of azide groups is 1. The summed E-state index contributed by atoms with van der Waals surface area (Å²) in [4.78, 5) is 2.47. The Bertz CT molecular complexity index is 134. The Morgan fingerprint density at radius 2 is 2.62 bits per heavy atom. The molecule has 0 radical (unpaired) electrons. The highest BCUT2D eigenvalue weighted by molar-refractivity contribution is 4.97. The van der Waals surface area contributed by atoms with E-state index in [1.54, 1.807) is 13.0 Å². The Morgan fingerprint density at radius 1 is 2.00 bits per heavy atom. The van der Waals surface area contributed by atoms with E-state index >= 15 is 0 Å². The van der Waals surface area contributed by atoms with Crippen LogP contribution in [-0.4, -0.2) is 11.7 Å². The van der Waals surface area contributed by atoms with Crippen LogP contribution in [-0.2, 0) is 0 Å². The summed E-state index contributed by atoms with van der Waals surface area (Å²) in [6, 6.07) is 0. The van der Waals surface area contributed by atoms with E-state index in [1.807, 2.05) is 0 Å². The molecule has 0 rings (SSSR count). The lowest BCUT2D eigenvalue weighted by atomic mass is 10.5. The molecule has 0 aromatic rings. The van der Waals surface area contributed by atoms with Crippen molar-refractivity contribution in [2.24, 2.45) is 5.11 Å². The minimum absolute atomic E-state index is 0.194. The second kappa shape index (κ2) is 4.18. The van der Waals surface area contributed by atoms with Gasteiger partial charge in [0.25, 0.3) is 0 Å². The van der Waals surface area contributed by atoms with Gasteiger partial charge in [0.1, 0.15) is 0 Å². The summed E-state index contributed by atoms with van der Waals surface area (Å²) in [7, 11) is 0. The maximum atomic E-state index is 8.32. The lowest BCUT2D eigenvalue weighted by Crippen LogP contribution is -1.81. The van der Waals surface area contributed by atoms with Crippen molar-refractivity contribution >= 4 is 0 Å². The molecule has 0 aliphatic rings. The fourth-order valence-electron chi connectivity index (χ4n) is 0.238. The van der Waals surface area contributed by atoms with Crippen LogP contribution in [0.5, 0.6) is 0 Å². The van der Waals surface area contributed by atoms with Gasteiger partial charge >= 0.3 is 0 Å². The number of aliphatic hydroxyl groups is 1. The Labute approximate surface area is 47.1 Å². The topological polar surface area (TPSA) is 69.0 Å². The van der Waals surface area contributed by atoms with E-state index in [9.17, 15) is 0 Å². The first-order chi connectivity index (χ1) is 3.85. The third-order valence-electron chi connectivity index (χ3n) is 0.668. The molecular formula is C4H7N3O. The van der Waals surface area contributed by atoms with Crippen molar-refractivity contribution < 1.29 is 5.11 Å². The predicted octanol–water partition coefficient (Wildman–Crippen LogP) is 1.19. The fourth-order valence-corrected chi connectivity index (χ4v) is 0.238. The lowest BCUT2D eigenvalue weighted by Gasteiger charge is -1.85. The van der Waals surface area contributed by atoms with Gasteiger partial charge in [-0.05, 0) is 12.5 Å². The molecule has 0 aromatic carbocycles. The monoisotopic (exact) mass is 113 g/mol. The van der Waals surface area contributed by atoms with E-state index in [1.165, 1.54) is 0 Å². The number of rotatable bonds is 2. The summed E-state index contributed by atoms with van der Waals surface area (Å²) in [6.45, 7) is 1.50. The zero-order chi connectivity index (χ0) is 6.41. The van der Waals surface area contributed by atoms with Gasteiger partial charge in [-0.15, -0.1) is 0 Å². The van der Waals surface area contributed by atoms with Crippen LogP contribution in [0.2, 0.25) is 0 Å². The molecule has 0 spiro atoms. The summed E-state index contributed by atoms with van der Waals surface area (Å²) in [5.41, 5.74) is 8.16. The fraction of sp³-hybridized carbons (Fsp3) is 0.500. The minimum Gasteiger partial charge on any atom is -0.392 e. The van der Waals surface area contributed by atoms with Gasteiger partial charge in [0, 0.05) is 10.6 Å². The average molecular weight is 113 g/mol. The molecule has 0 saturated heterocycles. The SMILES string of the molecule is CC=C(CO)N=[N+]=[N-]. The molecule has 1 N–H and O–H groups in total. The van der Waals surface area contributed by atoms with E-state index in [4.69, 9.17) is 10.6 Å². The highest BCUT2D eigenvalue weighted by Gasteiger charge is 1.82. The van der Waals surface area contributed by atoms with E-state index in [2.05, 4.69) is 10.0 Å². The van der Waals surface area contributed by atoms with Crippen molar-refractivity contribution in [2.75, 3.05) is 6.61 Å². The maximum absolute atomic E-state index is 8.32. The van der Waals surface area contributed by atoms with E-state index in [0.29, 0.717) is 5.70 Å².